The first kappa shape index (κ1) is 41.6. The second-order valence-electron chi connectivity index (χ2n) is 21.5. The summed E-state index contributed by atoms with van der Waals surface area (Å²) in [4.78, 5) is 5.50. The lowest BCUT2D eigenvalue weighted by molar-refractivity contribution is 0.195. The summed E-state index contributed by atoms with van der Waals surface area (Å²) in [5.41, 5.74) is 12.1. The monoisotopic (exact) mass is 899 g/mol. The Kier molecular flexibility index (Phi) is 9.28. The van der Waals surface area contributed by atoms with Crippen LogP contribution in [0.4, 0.5) is 22.7 Å². The van der Waals surface area contributed by atoms with Gasteiger partial charge < -0.3 is 14.4 Å². The van der Waals surface area contributed by atoms with Crippen molar-refractivity contribution < 1.29 is 0 Å². The number of hydrogen-bond donors (Lipinski definition) is 0. The van der Waals surface area contributed by atoms with Gasteiger partial charge in [0.25, 0.3) is 0 Å². The predicted molar refractivity (Wildman–Crippen MR) is 290 cm³/mol. The average Bonchev–Trinajstić information content (AvgIpc) is 3.90. The average molecular weight is 900 g/mol. The number of rotatable bonds is 7. The number of benzene rings is 8. The third kappa shape index (κ3) is 5.52. The van der Waals surface area contributed by atoms with Gasteiger partial charge in [-0.3, -0.25) is 0 Å². The molecule has 4 aliphatic rings. The number of fused-ring (bicyclic) bond motifs is 9. The van der Waals surface area contributed by atoms with Gasteiger partial charge in [0.1, 0.15) is 0 Å². The quantitative estimate of drug-likeness (QED) is 0.117. The van der Waals surface area contributed by atoms with E-state index in [0.29, 0.717) is 0 Å². The number of anilines is 4. The molecular weight excluding hydrogens is 839 g/mol. The zero-order chi connectivity index (χ0) is 45.9. The fourth-order valence-electron chi connectivity index (χ4n) is 14.7. The van der Waals surface area contributed by atoms with Crippen LogP contribution in [-0.4, -0.2) is 23.7 Å². The van der Waals surface area contributed by atoms with E-state index in [-0.39, 0.29) is 21.9 Å². The summed E-state index contributed by atoms with van der Waals surface area (Å²) in [6.07, 6.45) is 9.86. The molecule has 1 aromatic heterocycles. The molecule has 8 aromatic carbocycles. The molecular formula is C64H61N3Si. The van der Waals surface area contributed by atoms with Crippen molar-refractivity contribution in [2.75, 3.05) is 9.80 Å². The topological polar surface area (TPSA) is 11.4 Å². The van der Waals surface area contributed by atoms with Crippen molar-refractivity contribution in [2.24, 2.45) is 0 Å². The van der Waals surface area contributed by atoms with E-state index in [9.17, 15) is 0 Å². The maximum atomic E-state index is 2.75. The Balaban J connectivity index is 1.07. The lowest BCUT2D eigenvalue weighted by atomic mass is 9.61. The first-order chi connectivity index (χ1) is 33.2. The van der Waals surface area contributed by atoms with Crippen LogP contribution in [0.15, 0.2) is 200 Å². The molecule has 9 aromatic rings. The van der Waals surface area contributed by atoms with Gasteiger partial charge in [0, 0.05) is 50.0 Å². The van der Waals surface area contributed by atoms with E-state index < -0.39 is 8.07 Å². The van der Waals surface area contributed by atoms with E-state index in [4.69, 9.17) is 0 Å². The third-order valence-electron chi connectivity index (χ3n) is 18.4. The molecule has 0 bridgehead atoms. The minimum absolute atomic E-state index is 0.0277. The first-order valence-electron chi connectivity index (χ1n) is 25.4. The summed E-state index contributed by atoms with van der Waals surface area (Å²) in [5, 5.41) is 8.13. The number of para-hydroxylation sites is 2. The van der Waals surface area contributed by atoms with Gasteiger partial charge in [-0.1, -0.05) is 179 Å². The highest BCUT2D eigenvalue weighted by Crippen LogP contribution is 2.62. The fourth-order valence-corrected chi connectivity index (χ4v) is 19.5. The van der Waals surface area contributed by atoms with Crippen molar-refractivity contribution >= 4 is 73.4 Å². The summed E-state index contributed by atoms with van der Waals surface area (Å²) in [6, 6.07) is 77.1. The zero-order valence-corrected chi connectivity index (χ0v) is 41.1. The van der Waals surface area contributed by atoms with Gasteiger partial charge in [-0.15, -0.1) is 0 Å². The second-order valence-corrected chi connectivity index (χ2v) is 25.3. The molecule has 0 amide bonds. The molecule has 0 N–H and O–H groups in total. The second kappa shape index (κ2) is 15.2. The van der Waals surface area contributed by atoms with Gasteiger partial charge in [0.15, 0.2) is 8.07 Å². The highest BCUT2D eigenvalue weighted by Gasteiger charge is 2.59. The molecule has 3 nitrogen and oxygen atoms in total. The van der Waals surface area contributed by atoms with Crippen molar-refractivity contribution in [3.8, 4) is 5.69 Å². The third-order valence-corrected chi connectivity index (χ3v) is 23.2. The molecule has 68 heavy (non-hydrogen) atoms. The molecule has 13 rings (SSSR count). The molecule has 3 heterocycles. The normalized spacial score (nSPS) is 24.2. The van der Waals surface area contributed by atoms with Crippen LogP contribution in [0.5, 0.6) is 0 Å². The molecule has 2 aliphatic heterocycles. The number of nitrogens with zero attached hydrogens (tertiary/aromatic N) is 3. The molecule has 0 saturated heterocycles. The van der Waals surface area contributed by atoms with Crippen molar-refractivity contribution in [2.45, 2.75) is 101 Å². The minimum atomic E-state index is -2.79. The Bertz CT molecular complexity index is 3160. The van der Waals surface area contributed by atoms with Crippen LogP contribution in [0.1, 0.15) is 90.2 Å². The van der Waals surface area contributed by atoms with Gasteiger partial charge >= 0.3 is 0 Å². The van der Waals surface area contributed by atoms with E-state index in [1.807, 2.05) is 0 Å². The Hall–Kier alpha value is -6.62. The van der Waals surface area contributed by atoms with Gasteiger partial charge in [0.05, 0.1) is 22.1 Å². The Morgan fingerprint density at radius 1 is 0.353 bits per heavy atom. The van der Waals surface area contributed by atoms with Crippen molar-refractivity contribution in [3.63, 3.8) is 0 Å². The Morgan fingerprint density at radius 2 is 0.750 bits per heavy atom. The van der Waals surface area contributed by atoms with Crippen LogP contribution in [0.3, 0.4) is 0 Å². The molecule has 336 valence electrons. The van der Waals surface area contributed by atoms with Gasteiger partial charge in [-0.25, -0.2) is 0 Å². The van der Waals surface area contributed by atoms with Crippen LogP contribution >= 0.6 is 0 Å². The van der Waals surface area contributed by atoms with Gasteiger partial charge in [0.2, 0.25) is 0 Å². The highest BCUT2D eigenvalue weighted by atomic mass is 28.3. The lowest BCUT2D eigenvalue weighted by Gasteiger charge is -2.50. The standard InChI is InChI=1S/C64H61N3Si/c1-61-39-18-20-41-63(61,3)66(59-33-16-14-31-55(59)61)47-35-37-57-53(44-47)54-45-48(67-60-34-17-15-32-56(60)62(2)40-19-21-42-64(62,67)4)36-38-58(54)65(57)46-23-22-30-52(43-46)68(49-24-8-5-9-25-49,50-26-10-6-11-27-50)51-28-12-7-13-29-51/h5-17,22-38,43-45H,18-21,39-42H2,1-4H3. The molecule has 2 saturated carbocycles. The summed E-state index contributed by atoms with van der Waals surface area (Å²) in [5.74, 6) is 0. The number of hydrogen-bond acceptors (Lipinski definition) is 2. The van der Waals surface area contributed by atoms with E-state index >= 15 is 0 Å². The van der Waals surface area contributed by atoms with Crippen LogP contribution in [0.25, 0.3) is 27.5 Å². The predicted octanol–water partition coefficient (Wildman–Crippen LogP) is 13.6. The SMILES string of the molecule is CC12CCCCC1(C)N(c1ccc3c(c1)c1cc(N4c5ccccc5C5(C)CCCCC45C)ccc1n3-c1cccc([Si](c3ccccc3)(c3ccccc3)c3ccccc3)c1)c1ccccc12. The van der Waals surface area contributed by atoms with E-state index in [0.717, 1.165) is 0 Å². The first-order valence-corrected chi connectivity index (χ1v) is 27.4. The van der Waals surface area contributed by atoms with Crippen LogP contribution in [0, 0.1) is 0 Å². The molecule has 4 unspecified atom stereocenters. The largest absolute Gasteiger partial charge is 0.334 e. The minimum Gasteiger partial charge on any atom is -0.334 e. The molecule has 0 radical (unpaired) electrons. The maximum absolute atomic E-state index is 2.79. The van der Waals surface area contributed by atoms with Crippen LogP contribution in [-0.2, 0) is 10.8 Å². The van der Waals surface area contributed by atoms with Crippen LogP contribution in [0.2, 0.25) is 0 Å². The van der Waals surface area contributed by atoms with Crippen molar-refractivity contribution in [1.29, 1.82) is 0 Å². The molecule has 4 heteroatoms. The molecule has 0 spiro atoms. The van der Waals surface area contributed by atoms with Crippen LogP contribution < -0.4 is 30.5 Å². The molecule has 4 atom stereocenters. The summed E-state index contributed by atoms with van der Waals surface area (Å²) in [6.45, 7) is 10.2. The van der Waals surface area contributed by atoms with Gasteiger partial charge in [-0.2, -0.15) is 0 Å². The fraction of sp³-hybridized carbons (Fsp3) is 0.250. The summed E-state index contributed by atoms with van der Waals surface area (Å²) in [7, 11) is -2.79. The maximum Gasteiger partial charge on any atom is 0.179 e. The smallest absolute Gasteiger partial charge is 0.179 e. The van der Waals surface area contributed by atoms with E-state index in [1.165, 1.54) is 133 Å². The number of aromatic nitrogens is 1. The Labute approximate surface area is 403 Å². The summed E-state index contributed by atoms with van der Waals surface area (Å²) < 4.78 is 2.58. The van der Waals surface area contributed by atoms with Crippen molar-refractivity contribution in [3.05, 3.63) is 211 Å². The van der Waals surface area contributed by atoms with Crippen molar-refractivity contribution in [1.82, 2.24) is 4.57 Å². The summed E-state index contributed by atoms with van der Waals surface area (Å²) >= 11 is 0. The molecule has 2 fully saturated rings. The lowest BCUT2D eigenvalue weighted by Crippen LogP contribution is -2.74. The Morgan fingerprint density at radius 3 is 1.21 bits per heavy atom. The highest BCUT2D eigenvalue weighted by molar-refractivity contribution is 7.19. The van der Waals surface area contributed by atoms with E-state index in [1.54, 1.807) is 0 Å². The molecule has 2 aliphatic carbocycles. The van der Waals surface area contributed by atoms with Gasteiger partial charge in [-0.05, 0) is 132 Å². The van der Waals surface area contributed by atoms with E-state index in [2.05, 4.69) is 242 Å². The zero-order valence-electron chi connectivity index (χ0n) is 40.1.